The smallest absolute Gasteiger partial charge is 0.121 e. The van der Waals surface area contributed by atoms with Gasteiger partial charge in [-0.15, -0.1) is 0 Å². The van der Waals surface area contributed by atoms with E-state index in [0.29, 0.717) is 11.7 Å². The highest BCUT2D eigenvalue weighted by atomic mass is 16.3. The van der Waals surface area contributed by atoms with Gasteiger partial charge < -0.3 is 10.8 Å². The minimum Gasteiger partial charge on any atom is -0.507 e. The van der Waals surface area contributed by atoms with Crippen LogP contribution >= 0.6 is 0 Å². The van der Waals surface area contributed by atoms with Crippen molar-refractivity contribution in [2.75, 3.05) is 0 Å². The zero-order chi connectivity index (χ0) is 10.9. The summed E-state index contributed by atoms with van der Waals surface area (Å²) in [6, 6.07) is 3.98. The van der Waals surface area contributed by atoms with Gasteiger partial charge in [-0.05, 0) is 36.5 Å². The topological polar surface area (TPSA) is 46.2 Å². The summed E-state index contributed by atoms with van der Waals surface area (Å²) in [6.45, 7) is 8.00. The average Bonchev–Trinajstić information content (AvgIpc) is 2.12. The highest BCUT2D eigenvalue weighted by molar-refractivity contribution is 5.43. The quantitative estimate of drug-likeness (QED) is 0.758. The van der Waals surface area contributed by atoms with Gasteiger partial charge in [-0.3, -0.25) is 0 Å². The van der Waals surface area contributed by atoms with Crippen LogP contribution in [0.4, 0.5) is 0 Å². The van der Waals surface area contributed by atoms with E-state index < -0.39 is 0 Å². The van der Waals surface area contributed by atoms with E-state index in [9.17, 15) is 5.11 Å². The molecule has 0 amide bonds. The second-order valence-corrected chi connectivity index (χ2v) is 4.27. The van der Waals surface area contributed by atoms with Gasteiger partial charge in [-0.25, -0.2) is 0 Å². The van der Waals surface area contributed by atoms with Crippen molar-refractivity contribution in [1.82, 2.24) is 0 Å². The van der Waals surface area contributed by atoms with Crippen molar-refractivity contribution in [1.29, 1.82) is 0 Å². The molecule has 0 radical (unpaired) electrons. The molecule has 0 heterocycles. The largest absolute Gasteiger partial charge is 0.507 e. The van der Waals surface area contributed by atoms with Crippen LogP contribution in [0, 0.1) is 19.8 Å². The molecule has 2 nitrogen and oxygen atoms in total. The molecule has 0 aliphatic rings. The van der Waals surface area contributed by atoms with Crippen LogP contribution in [0.2, 0.25) is 0 Å². The van der Waals surface area contributed by atoms with Gasteiger partial charge in [0.15, 0.2) is 0 Å². The third kappa shape index (κ3) is 2.07. The fourth-order valence-corrected chi connectivity index (χ4v) is 1.57. The fraction of sp³-hybridized carbons (Fsp3) is 0.500. The Balaban J connectivity index is 3.12. The molecule has 0 aliphatic carbocycles. The average molecular weight is 193 g/mol. The maximum atomic E-state index is 9.61. The summed E-state index contributed by atoms with van der Waals surface area (Å²) in [4.78, 5) is 0. The molecule has 3 N–H and O–H groups in total. The number of nitrogens with two attached hydrogens (primary N) is 1. The van der Waals surface area contributed by atoms with Gasteiger partial charge in [0, 0.05) is 6.04 Å². The van der Waals surface area contributed by atoms with E-state index in [-0.39, 0.29) is 6.04 Å². The Hall–Kier alpha value is -1.02. The summed E-state index contributed by atoms with van der Waals surface area (Å²) < 4.78 is 0. The zero-order valence-electron chi connectivity index (χ0n) is 9.33. The fourth-order valence-electron chi connectivity index (χ4n) is 1.57. The highest BCUT2D eigenvalue weighted by Gasteiger charge is 2.12. The lowest BCUT2D eigenvalue weighted by atomic mass is 9.94. The van der Waals surface area contributed by atoms with Gasteiger partial charge in [-0.2, -0.15) is 0 Å². The third-order valence-corrected chi connectivity index (χ3v) is 2.62. The monoisotopic (exact) mass is 193 g/mol. The molecule has 1 atom stereocenters. The van der Waals surface area contributed by atoms with Crippen LogP contribution in [0.3, 0.4) is 0 Å². The maximum Gasteiger partial charge on any atom is 0.121 e. The van der Waals surface area contributed by atoms with Crippen LogP contribution in [-0.4, -0.2) is 5.11 Å². The lowest BCUT2D eigenvalue weighted by Gasteiger charge is -2.18. The number of rotatable bonds is 2. The molecule has 14 heavy (non-hydrogen) atoms. The second kappa shape index (κ2) is 4.01. The van der Waals surface area contributed by atoms with Gasteiger partial charge >= 0.3 is 0 Å². The number of hydrogen-bond acceptors (Lipinski definition) is 2. The molecule has 1 unspecified atom stereocenters. The summed E-state index contributed by atoms with van der Waals surface area (Å²) in [7, 11) is 0. The van der Waals surface area contributed by atoms with E-state index in [1.807, 2.05) is 26.0 Å². The number of aromatic hydroxyl groups is 1. The Labute approximate surface area is 85.8 Å². The van der Waals surface area contributed by atoms with Crippen LogP contribution in [0.5, 0.6) is 5.75 Å². The van der Waals surface area contributed by atoms with Gasteiger partial charge in [0.2, 0.25) is 0 Å². The number of hydrogen-bond donors (Lipinski definition) is 2. The van der Waals surface area contributed by atoms with E-state index in [0.717, 1.165) is 16.7 Å². The minimum absolute atomic E-state index is 0.0491. The SMILES string of the molecule is Cc1cc(C(N)C(C)C)cc(C)c1O. The van der Waals surface area contributed by atoms with Crippen LogP contribution in [-0.2, 0) is 0 Å². The Morgan fingerprint density at radius 3 is 1.93 bits per heavy atom. The van der Waals surface area contributed by atoms with Gasteiger partial charge in [-0.1, -0.05) is 26.0 Å². The summed E-state index contributed by atoms with van der Waals surface area (Å²) in [6.07, 6.45) is 0. The maximum absolute atomic E-state index is 9.61. The number of phenols is 1. The van der Waals surface area contributed by atoms with Crippen LogP contribution in [0.15, 0.2) is 12.1 Å². The summed E-state index contributed by atoms with van der Waals surface area (Å²) in [5, 5.41) is 9.61. The van der Waals surface area contributed by atoms with Crippen molar-refractivity contribution in [3.63, 3.8) is 0 Å². The van der Waals surface area contributed by atoms with Crippen molar-refractivity contribution >= 4 is 0 Å². The summed E-state index contributed by atoms with van der Waals surface area (Å²) in [5.74, 6) is 0.794. The van der Waals surface area contributed by atoms with E-state index in [1.54, 1.807) is 0 Å². The first-order valence-corrected chi connectivity index (χ1v) is 4.99. The van der Waals surface area contributed by atoms with E-state index in [1.165, 1.54) is 0 Å². The number of phenolic OH excluding ortho intramolecular Hbond substituents is 1. The van der Waals surface area contributed by atoms with Gasteiger partial charge in [0.25, 0.3) is 0 Å². The van der Waals surface area contributed by atoms with Gasteiger partial charge in [0.1, 0.15) is 5.75 Å². The Morgan fingerprint density at radius 2 is 1.57 bits per heavy atom. The molecular weight excluding hydrogens is 174 g/mol. The standard InChI is InChI=1S/C12H19NO/c1-7(2)11(13)10-5-8(3)12(14)9(4)6-10/h5-7,11,14H,13H2,1-4H3. The molecule has 0 bridgehead atoms. The molecule has 2 heteroatoms. The predicted octanol–water partition coefficient (Wildman–Crippen LogP) is 2.66. The molecule has 1 aromatic carbocycles. The molecule has 0 fully saturated rings. The van der Waals surface area contributed by atoms with Gasteiger partial charge in [0.05, 0.1) is 0 Å². The van der Waals surface area contributed by atoms with Crippen molar-refractivity contribution in [2.45, 2.75) is 33.7 Å². The minimum atomic E-state index is 0.0491. The zero-order valence-corrected chi connectivity index (χ0v) is 9.33. The molecule has 1 aromatic rings. The molecule has 78 valence electrons. The first-order valence-electron chi connectivity index (χ1n) is 4.99. The van der Waals surface area contributed by atoms with E-state index in [2.05, 4.69) is 13.8 Å². The summed E-state index contributed by atoms with van der Waals surface area (Å²) in [5.41, 5.74) is 8.95. The molecular formula is C12H19NO. The predicted molar refractivity (Wildman–Crippen MR) is 59.3 cm³/mol. The first-order chi connectivity index (χ1) is 6.43. The molecule has 0 saturated carbocycles. The van der Waals surface area contributed by atoms with Crippen LogP contribution < -0.4 is 5.73 Å². The van der Waals surface area contributed by atoms with Crippen molar-refractivity contribution in [3.05, 3.63) is 28.8 Å². The Bertz CT molecular complexity index is 308. The van der Waals surface area contributed by atoms with E-state index in [4.69, 9.17) is 5.73 Å². The second-order valence-electron chi connectivity index (χ2n) is 4.27. The van der Waals surface area contributed by atoms with E-state index >= 15 is 0 Å². The van der Waals surface area contributed by atoms with Crippen molar-refractivity contribution in [2.24, 2.45) is 11.7 Å². The Morgan fingerprint density at radius 1 is 1.14 bits per heavy atom. The lowest BCUT2D eigenvalue weighted by Crippen LogP contribution is -2.16. The van der Waals surface area contributed by atoms with Crippen molar-refractivity contribution < 1.29 is 5.11 Å². The molecule has 0 saturated heterocycles. The molecule has 0 aliphatic heterocycles. The van der Waals surface area contributed by atoms with Crippen LogP contribution in [0.25, 0.3) is 0 Å². The number of aryl methyl sites for hydroxylation is 2. The van der Waals surface area contributed by atoms with Crippen LogP contribution in [0.1, 0.15) is 36.6 Å². The Kier molecular flexibility index (Phi) is 3.17. The molecule has 0 aromatic heterocycles. The molecule has 0 spiro atoms. The third-order valence-electron chi connectivity index (χ3n) is 2.62. The normalized spacial score (nSPS) is 13.3. The highest BCUT2D eigenvalue weighted by Crippen LogP contribution is 2.27. The summed E-state index contributed by atoms with van der Waals surface area (Å²) >= 11 is 0. The number of benzene rings is 1. The van der Waals surface area contributed by atoms with Crippen molar-refractivity contribution in [3.8, 4) is 5.75 Å². The first kappa shape index (κ1) is 11.1. The molecule has 1 rings (SSSR count). The lowest BCUT2D eigenvalue weighted by molar-refractivity contribution is 0.464.